The van der Waals surface area contributed by atoms with Crippen LogP contribution in [0.1, 0.15) is 19.0 Å². The van der Waals surface area contributed by atoms with Gasteiger partial charge in [0.1, 0.15) is 30.1 Å². The van der Waals surface area contributed by atoms with Gasteiger partial charge in [-0.2, -0.15) is 5.10 Å². The second-order valence-corrected chi connectivity index (χ2v) is 7.01. The number of cyclic esters (lactones) is 1. The molecule has 2 aliphatic heterocycles. The Hall–Kier alpha value is -3.37. The maximum Gasteiger partial charge on any atom is 0.410 e. The number of aromatic nitrogens is 5. The summed E-state index contributed by atoms with van der Waals surface area (Å²) in [5.74, 6) is 0.682. The van der Waals surface area contributed by atoms with Crippen LogP contribution in [-0.4, -0.2) is 67.3 Å². The molecule has 3 aromatic rings. The van der Waals surface area contributed by atoms with Crippen LogP contribution < -0.4 is 4.90 Å². The normalized spacial score (nSPS) is 21.7. The number of ether oxygens (including phenoxy) is 1. The van der Waals surface area contributed by atoms with E-state index in [9.17, 15) is 13.6 Å². The Labute approximate surface area is 163 Å². The second-order valence-electron chi connectivity index (χ2n) is 7.01. The van der Waals surface area contributed by atoms with Gasteiger partial charge < -0.3 is 9.64 Å². The number of carbonyl (C=O) groups excluding carboxylic acids is 1. The number of hydrogen-bond donors (Lipinski definition) is 0. The summed E-state index contributed by atoms with van der Waals surface area (Å²) in [4.78, 5) is 28.5. The zero-order chi connectivity index (χ0) is 20.1. The van der Waals surface area contributed by atoms with Crippen LogP contribution in [0.15, 0.2) is 30.7 Å². The molecule has 2 fully saturated rings. The SMILES string of the molecule is CC1C2COC(=O)N2CCN1c1cc(-c2cnc3ccc(C(F)F)nn23)ncn1. The number of carbonyl (C=O) groups is 1. The molecular weight excluding hydrogens is 384 g/mol. The van der Waals surface area contributed by atoms with Gasteiger partial charge in [0.25, 0.3) is 6.43 Å². The topological polar surface area (TPSA) is 88.8 Å². The summed E-state index contributed by atoms with van der Waals surface area (Å²) in [6.45, 7) is 3.51. The molecule has 5 rings (SSSR count). The third-order valence-corrected chi connectivity index (χ3v) is 5.46. The first-order valence-electron chi connectivity index (χ1n) is 9.18. The van der Waals surface area contributed by atoms with E-state index in [1.807, 2.05) is 6.92 Å². The fourth-order valence-electron chi connectivity index (χ4n) is 3.89. The van der Waals surface area contributed by atoms with E-state index in [1.54, 1.807) is 17.2 Å². The van der Waals surface area contributed by atoms with Crippen LogP contribution in [-0.2, 0) is 4.74 Å². The van der Waals surface area contributed by atoms with Crippen molar-refractivity contribution in [3.63, 3.8) is 0 Å². The van der Waals surface area contributed by atoms with Gasteiger partial charge in [0.15, 0.2) is 5.65 Å². The smallest absolute Gasteiger partial charge is 0.410 e. The van der Waals surface area contributed by atoms with Gasteiger partial charge in [-0.05, 0) is 19.1 Å². The van der Waals surface area contributed by atoms with Crippen LogP contribution in [0.3, 0.4) is 0 Å². The zero-order valence-corrected chi connectivity index (χ0v) is 15.4. The quantitative estimate of drug-likeness (QED) is 0.664. The maximum atomic E-state index is 13.1. The van der Waals surface area contributed by atoms with Crippen molar-refractivity contribution >= 4 is 17.6 Å². The molecule has 3 aromatic heterocycles. The van der Waals surface area contributed by atoms with Crippen LogP contribution in [0.4, 0.5) is 19.4 Å². The summed E-state index contributed by atoms with van der Waals surface area (Å²) in [7, 11) is 0. The van der Waals surface area contributed by atoms with E-state index in [4.69, 9.17) is 4.74 Å². The van der Waals surface area contributed by atoms with Gasteiger partial charge in [0, 0.05) is 19.2 Å². The van der Waals surface area contributed by atoms with E-state index >= 15 is 0 Å². The van der Waals surface area contributed by atoms with Gasteiger partial charge in [-0.3, -0.25) is 4.90 Å². The maximum absolute atomic E-state index is 13.1. The molecule has 0 N–H and O–H groups in total. The Morgan fingerprint density at radius 1 is 1.17 bits per heavy atom. The van der Waals surface area contributed by atoms with Crippen LogP contribution >= 0.6 is 0 Å². The molecule has 0 radical (unpaired) electrons. The number of alkyl halides is 2. The standard InChI is InChI=1S/C18H17F2N7O2/c1-10-14-8-29-18(28)26(14)5-4-25(10)16-6-12(22-9-23-16)13-7-21-15-3-2-11(17(19)20)24-27(13)15/h2-3,6-7,9-10,14,17H,4-5,8H2,1H3. The predicted molar refractivity (Wildman–Crippen MR) is 97.6 cm³/mol. The average Bonchev–Trinajstić information content (AvgIpc) is 3.32. The Bertz CT molecular complexity index is 1090. The molecule has 0 aromatic carbocycles. The van der Waals surface area contributed by atoms with Crippen LogP contribution in [0.2, 0.25) is 0 Å². The molecule has 2 saturated heterocycles. The third-order valence-electron chi connectivity index (χ3n) is 5.46. The molecule has 0 saturated carbocycles. The first-order chi connectivity index (χ1) is 14.0. The van der Waals surface area contributed by atoms with E-state index in [0.29, 0.717) is 42.5 Å². The Morgan fingerprint density at radius 3 is 2.83 bits per heavy atom. The first kappa shape index (κ1) is 17.7. The molecule has 0 bridgehead atoms. The lowest BCUT2D eigenvalue weighted by Gasteiger charge is -2.41. The summed E-state index contributed by atoms with van der Waals surface area (Å²) in [6.07, 6.45) is 0.0194. The van der Waals surface area contributed by atoms with Crippen LogP contribution in [0.5, 0.6) is 0 Å². The minimum absolute atomic E-state index is 0.00342. The van der Waals surface area contributed by atoms with Crippen molar-refractivity contribution in [1.82, 2.24) is 29.5 Å². The fourth-order valence-corrected chi connectivity index (χ4v) is 3.89. The van der Waals surface area contributed by atoms with Crippen molar-refractivity contribution < 1.29 is 18.3 Å². The highest BCUT2D eigenvalue weighted by molar-refractivity contribution is 5.71. The lowest BCUT2D eigenvalue weighted by Crippen LogP contribution is -2.58. The summed E-state index contributed by atoms with van der Waals surface area (Å²) in [5.41, 5.74) is 1.14. The molecule has 150 valence electrons. The van der Waals surface area contributed by atoms with Crippen molar-refractivity contribution in [2.45, 2.75) is 25.4 Å². The number of hydrogen-bond acceptors (Lipinski definition) is 7. The summed E-state index contributed by atoms with van der Waals surface area (Å²) in [5, 5.41) is 3.99. The molecule has 2 atom stereocenters. The zero-order valence-electron chi connectivity index (χ0n) is 15.4. The predicted octanol–water partition coefficient (Wildman–Crippen LogP) is 2.15. The van der Waals surface area contributed by atoms with Gasteiger partial charge in [0.2, 0.25) is 0 Å². The number of anilines is 1. The molecule has 0 spiro atoms. The number of piperazine rings is 1. The molecule has 2 unspecified atom stereocenters. The minimum Gasteiger partial charge on any atom is -0.447 e. The molecule has 9 nitrogen and oxygen atoms in total. The van der Waals surface area contributed by atoms with Gasteiger partial charge in [0.05, 0.1) is 24.0 Å². The van der Waals surface area contributed by atoms with Gasteiger partial charge in [-0.25, -0.2) is 33.0 Å². The summed E-state index contributed by atoms with van der Waals surface area (Å²) < 4.78 is 32.6. The van der Waals surface area contributed by atoms with Crippen LogP contribution in [0, 0.1) is 0 Å². The van der Waals surface area contributed by atoms with Gasteiger partial charge >= 0.3 is 6.09 Å². The lowest BCUT2D eigenvalue weighted by molar-refractivity contribution is 0.144. The Balaban J connectivity index is 1.50. The van der Waals surface area contributed by atoms with Crippen molar-refractivity contribution in [3.05, 3.63) is 36.4 Å². The average molecular weight is 401 g/mol. The lowest BCUT2D eigenvalue weighted by atomic mass is 10.0. The van der Waals surface area contributed by atoms with Crippen LogP contribution in [0.25, 0.3) is 17.0 Å². The summed E-state index contributed by atoms with van der Waals surface area (Å²) >= 11 is 0. The second kappa shape index (κ2) is 6.61. The van der Waals surface area contributed by atoms with Crippen molar-refractivity contribution in [3.8, 4) is 11.4 Å². The number of nitrogens with zero attached hydrogens (tertiary/aromatic N) is 7. The highest BCUT2D eigenvalue weighted by Crippen LogP contribution is 2.29. The number of imidazole rings is 1. The van der Waals surface area contributed by atoms with Crippen molar-refractivity contribution in [2.24, 2.45) is 0 Å². The monoisotopic (exact) mass is 401 g/mol. The van der Waals surface area contributed by atoms with Gasteiger partial charge in [-0.1, -0.05) is 0 Å². The molecule has 11 heteroatoms. The third kappa shape index (κ3) is 2.84. The Morgan fingerprint density at radius 2 is 2.00 bits per heavy atom. The van der Waals surface area contributed by atoms with E-state index in [2.05, 4.69) is 25.0 Å². The molecular formula is C18H17F2N7O2. The molecule has 2 aliphatic rings. The highest BCUT2D eigenvalue weighted by Gasteiger charge is 2.42. The molecule has 1 amide bonds. The van der Waals surface area contributed by atoms with Crippen molar-refractivity contribution in [1.29, 1.82) is 0 Å². The van der Waals surface area contributed by atoms with E-state index in [0.717, 1.165) is 0 Å². The molecule has 0 aliphatic carbocycles. The number of amides is 1. The first-order valence-corrected chi connectivity index (χ1v) is 9.18. The highest BCUT2D eigenvalue weighted by atomic mass is 19.3. The number of rotatable bonds is 3. The van der Waals surface area contributed by atoms with Gasteiger partial charge in [-0.15, -0.1) is 0 Å². The van der Waals surface area contributed by atoms with Crippen molar-refractivity contribution in [2.75, 3.05) is 24.6 Å². The Kier molecular flexibility index (Phi) is 4.03. The summed E-state index contributed by atoms with van der Waals surface area (Å²) in [6, 6.07) is 4.50. The van der Waals surface area contributed by atoms with E-state index < -0.39 is 6.43 Å². The number of halogens is 2. The number of fused-ring (bicyclic) bond motifs is 2. The minimum atomic E-state index is -2.68. The largest absolute Gasteiger partial charge is 0.447 e. The fraction of sp³-hybridized carbons (Fsp3) is 0.389. The van der Waals surface area contributed by atoms with E-state index in [1.165, 1.54) is 23.0 Å². The molecule has 29 heavy (non-hydrogen) atoms. The molecule has 5 heterocycles. The van der Waals surface area contributed by atoms with E-state index in [-0.39, 0.29) is 23.9 Å².